The Hall–Kier alpha value is -4.06. The van der Waals surface area contributed by atoms with Crippen molar-refractivity contribution >= 4 is 28.8 Å². The first kappa shape index (κ1) is 34.4. The van der Waals surface area contributed by atoms with Crippen LogP contribution in [0.4, 0.5) is 5.69 Å². The smallest absolute Gasteiger partial charge is 0.291 e. The molecular weight excluding hydrogens is 647 g/mol. The molecule has 0 spiro atoms. The van der Waals surface area contributed by atoms with E-state index in [0.717, 1.165) is 88.1 Å². The van der Waals surface area contributed by atoms with Crippen molar-refractivity contribution in [2.45, 2.75) is 72.5 Å². The Kier molecular flexibility index (Phi) is 9.82. The summed E-state index contributed by atoms with van der Waals surface area (Å²) in [6.45, 7) is 11.7. The van der Waals surface area contributed by atoms with Gasteiger partial charge in [-0.3, -0.25) is 19.4 Å². The quantitative estimate of drug-likeness (QED) is 0.194. The Bertz CT molecular complexity index is 1880. The summed E-state index contributed by atoms with van der Waals surface area (Å²) in [4.78, 5) is 43.7. The lowest BCUT2D eigenvalue weighted by Crippen LogP contribution is -2.36. The Morgan fingerprint density at radius 1 is 1.00 bits per heavy atom. The standard InChI is InChI=1S/C39H49N7O3S/c1-6-43(4)23-35(47)46-21-32-34(22-46)50-39(42-32)28-10-7-9-27(25(28)3)29-11-8-12-30(36(29)48)41-38(49)37-40-31-20-45(18-17-33(31)44(37)5)19-26-15-13-24(2)14-16-26/h7-12,24,26,48H,6,13-23H2,1-5H3,(H,41,49). The van der Waals surface area contributed by atoms with E-state index in [2.05, 4.69) is 17.1 Å². The van der Waals surface area contributed by atoms with Crippen LogP contribution < -0.4 is 5.32 Å². The maximum Gasteiger partial charge on any atom is 0.291 e. The summed E-state index contributed by atoms with van der Waals surface area (Å²) in [5.41, 5.74) is 6.88. The Morgan fingerprint density at radius 2 is 1.74 bits per heavy atom. The first-order valence-electron chi connectivity index (χ1n) is 18.0. The number of anilines is 1. The van der Waals surface area contributed by atoms with E-state index in [0.29, 0.717) is 36.7 Å². The third-order valence-corrected chi connectivity index (χ3v) is 12.2. The highest BCUT2D eigenvalue weighted by Crippen LogP contribution is 2.42. The van der Waals surface area contributed by atoms with Gasteiger partial charge in [0, 0.05) is 54.8 Å². The Balaban J connectivity index is 1.05. The minimum Gasteiger partial charge on any atom is -0.505 e. The molecule has 11 heteroatoms. The molecule has 2 N–H and O–H groups in total. The highest BCUT2D eigenvalue weighted by Gasteiger charge is 2.30. The first-order valence-corrected chi connectivity index (χ1v) is 18.9. The molecule has 10 nitrogen and oxygen atoms in total. The van der Waals surface area contributed by atoms with E-state index >= 15 is 0 Å². The molecule has 1 aliphatic carbocycles. The van der Waals surface area contributed by atoms with E-state index in [4.69, 9.17) is 9.97 Å². The van der Waals surface area contributed by atoms with Crippen LogP contribution in [0.1, 0.15) is 77.7 Å². The minimum absolute atomic E-state index is 0.0147. The van der Waals surface area contributed by atoms with E-state index in [1.54, 1.807) is 17.4 Å². The topological polar surface area (TPSA) is 107 Å². The molecule has 3 aliphatic rings. The summed E-state index contributed by atoms with van der Waals surface area (Å²) in [5, 5.41) is 15.4. The van der Waals surface area contributed by atoms with Gasteiger partial charge in [-0.15, -0.1) is 11.3 Å². The van der Waals surface area contributed by atoms with Crippen LogP contribution in [-0.4, -0.2) is 79.4 Å². The van der Waals surface area contributed by atoms with Gasteiger partial charge in [-0.2, -0.15) is 0 Å². The second-order valence-corrected chi connectivity index (χ2v) is 15.7. The molecule has 2 aliphatic heterocycles. The summed E-state index contributed by atoms with van der Waals surface area (Å²) >= 11 is 1.62. The maximum absolute atomic E-state index is 13.6. The van der Waals surface area contributed by atoms with E-state index in [1.165, 1.54) is 25.7 Å². The number of aromatic nitrogens is 3. The van der Waals surface area contributed by atoms with Crippen LogP contribution in [0.3, 0.4) is 0 Å². The average molecular weight is 696 g/mol. The number of nitrogens with zero attached hydrogens (tertiary/aromatic N) is 6. The number of carbonyl (C=O) groups excluding carboxylic acids is 2. The zero-order valence-electron chi connectivity index (χ0n) is 30.0. The lowest BCUT2D eigenvalue weighted by atomic mass is 9.82. The van der Waals surface area contributed by atoms with Gasteiger partial charge in [0.2, 0.25) is 5.91 Å². The van der Waals surface area contributed by atoms with Crippen molar-refractivity contribution in [2.24, 2.45) is 18.9 Å². The number of imidazole rings is 1. The molecule has 2 amide bonds. The summed E-state index contributed by atoms with van der Waals surface area (Å²) in [6.07, 6.45) is 6.13. The SMILES string of the molecule is CCN(C)CC(=O)N1Cc2nc(-c3cccc(-c4cccc(NC(=O)c5nc6c(n5C)CCN(CC5CCC(C)CC5)C6)c4O)c3C)sc2C1. The number of fused-ring (bicyclic) bond motifs is 2. The number of carbonyl (C=O) groups is 2. The van der Waals surface area contributed by atoms with Crippen molar-refractivity contribution < 1.29 is 14.7 Å². The highest BCUT2D eigenvalue weighted by molar-refractivity contribution is 7.15. The van der Waals surface area contributed by atoms with Gasteiger partial charge in [0.15, 0.2) is 5.82 Å². The lowest BCUT2D eigenvalue weighted by molar-refractivity contribution is -0.132. The van der Waals surface area contributed by atoms with Gasteiger partial charge >= 0.3 is 0 Å². The summed E-state index contributed by atoms with van der Waals surface area (Å²) in [7, 11) is 3.87. The van der Waals surface area contributed by atoms with Gasteiger partial charge in [-0.05, 0) is 62.4 Å². The average Bonchev–Trinajstić information content (AvgIpc) is 3.79. The molecule has 0 radical (unpaired) electrons. The fourth-order valence-electron chi connectivity index (χ4n) is 7.79. The summed E-state index contributed by atoms with van der Waals surface area (Å²) in [6, 6.07) is 11.5. The van der Waals surface area contributed by atoms with Crippen molar-refractivity contribution in [1.82, 2.24) is 29.2 Å². The molecule has 0 unspecified atom stereocenters. The van der Waals surface area contributed by atoms with E-state index in [9.17, 15) is 14.7 Å². The zero-order chi connectivity index (χ0) is 35.1. The monoisotopic (exact) mass is 695 g/mol. The fourth-order valence-corrected chi connectivity index (χ4v) is 8.96. The second kappa shape index (κ2) is 14.3. The van der Waals surface area contributed by atoms with Crippen molar-refractivity contribution in [3.05, 3.63) is 69.7 Å². The number of phenols is 1. The predicted octanol–water partition coefficient (Wildman–Crippen LogP) is 6.46. The molecule has 264 valence electrons. The van der Waals surface area contributed by atoms with Crippen LogP contribution in [0.2, 0.25) is 0 Å². The van der Waals surface area contributed by atoms with Gasteiger partial charge < -0.3 is 19.9 Å². The molecule has 4 heterocycles. The van der Waals surface area contributed by atoms with Crippen LogP contribution in [0.15, 0.2) is 36.4 Å². The molecule has 0 atom stereocenters. The number of phenolic OH excluding ortho intramolecular Hbond substituents is 1. The van der Waals surface area contributed by atoms with Crippen LogP contribution >= 0.6 is 11.3 Å². The molecule has 1 saturated carbocycles. The van der Waals surface area contributed by atoms with Crippen molar-refractivity contribution in [3.8, 4) is 27.4 Å². The van der Waals surface area contributed by atoms with Gasteiger partial charge in [-0.25, -0.2) is 9.97 Å². The molecule has 2 aromatic carbocycles. The summed E-state index contributed by atoms with van der Waals surface area (Å²) < 4.78 is 1.92. The third kappa shape index (κ3) is 6.83. The van der Waals surface area contributed by atoms with Gasteiger partial charge in [-0.1, -0.05) is 57.0 Å². The number of amides is 2. The van der Waals surface area contributed by atoms with E-state index in [-0.39, 0.29) is 17.6 Å². The number of para-hydroxylation sites is 1. The minimum atomic E-state index is -0.334. The molecule has 2 aromatic heterocycles. The molecule has 4 aromatic rings. The molecule has 0 saturated heterocycles. The highest BCUT2D eigenvalue weighted by atomic mass is 32.1. The zero-order valence-corrected chi connectivity index (χ0v) is 30.8. The van der Waals surface area contributed by atoms with E-state index in [1.807, 2.05) is 72.6 Å². The number of likely N-dealkylation sites (N-methyl/N-ethyl adjacent to an activating group) is 1. The number of thiazole rings is 1. The molecule has 7 rings (SSSR count). The molecular formula is C39H49N7O3S. The van der Waals surface area contributed by atoms with Gasteiger partial charge in [0.05, 0.1) is 36.7 Å². The van der Waals surface area contributed by atoms with Crippen LogP contribution in [-0.2, 0) is 37.9 Å². The van der Waals surface area contributed by atoms with Crippen molar-refractivity contribution in [2.75, 3.05) is 38.5 Å². The summed E-state index contributed by atoms with van der Waals surface area (Å²) in [5.74, 6) is 1.76. The fraction of sp³-hybridized carbons (Fsp3) is 0.487. The van der Waals surface area contributed by atoms with Crippen molar-refractivity contribution in [3.63, 3.8) is 0 Å². The number of rotatable bonds is 9. The van der Waals surface area contributed by atoms with Crippen LogP contribution in [0.5, 0.6) is 5.75 Å². The Labute approximate surface area is 299 Å². The first-order chi connectivity index (χ1) is 24.1. The normalized spacial score (nSPS) is 19.1. The van der Waals surface area contributed by atoms with Crippen LogP contribution in [0.25, 0.3) is 21.7 Å². The maximum atomic E-state index is 13.6. The van der Waals surface area contributed by atoms with Crippen molar-refractivity contribution in [1.29, 1.82) is 0 Å². The largest absolute Gasteiger partial charge is 0.505 e. The van der Waals surface area contributed by atoms with E-state index < -0.39 is 0 Å². The number of hydrogen-bond donors (Lipinski definition) is 2. The van der Waals surface area contributed by atoms with Gasteiger partial charge in [0.25, 0.3) is 5.91 Å². The lowest BCUT2D eigenvalue weighted by Gasteiger charge is -2.33. The van der Waals surface area contributed by atoms with Gasteiger partial charge in [0.1, 0.15) is 10.8 Å². The second-order valence-electron chi connectivity index (χ2n) is 14.6. The molecule has 50 heavy (non-hydrogen) atoms. The number of aromatic hydroxyl groups is 1. The predicted molar refractivity (Wildman–Crippen MR) is 198 cm³/mol. The number of hydrogen-bond acceptors (Lipinski definition) is 8. The Morgan fingerprint density at radius 3 is 2.50 bits per heavy atom. The number of benzene rings is 2. The van der Waals surface area contributed by atoms with Crippen LogP contribution in [0, 0.1) is 18.8 Å². The third-order valence-electron chi connectivity index (χ3n) is 11.1. The molecule has 1 fully saturated rings. The number of nitrogens with one attached hydrogen (secondary N) is 1. The molecule has 0 bridgehead atoms.